The molecule has 0 saturated heterocycles. The van der Waals surface area contributed by atoms with Gasteiger partial charge in [-0.1, -0.05) is 11.6 Å². The van der Waals surface area contributed by atoms with Crippen LogP contribution < -0.4 is 5.73 Å². The summed E-state index contributed by atoms with van der Waals surface area (Å²) >= 11 is 5.79. The first-order valence-corrected chi connectivity index (χ1v) is 7.90. The summed E-state index contributed by atoms with van der Waals surface area (Å²) in [6, 6.07) is 4.03. The Bertz CT molecular complexity index is 568. The van der Waals surface area contributed by atoms with E-state index in [4.69, 9.17) is 17.3 Å². The SMILES string of the molecule is CCN(CC)C(=O)CS(=O)(=O)c1ccc(N)c(Cl)c1. The Balaban J connectivity index is 2.98. The van der Waals surface area contributed by atoms with Crippen LogP contribution >= 0.6 is 11.6 Å². The normalized spacial score (nSPS) is 11.3. The number of carbonyl (C=O) groups excluding carboxylic acids is 1. The van der Waals surface area contributed by atoms with Crippen molar-refractivity contribution in [1.82, 2.24) is 4.90 Å². The first-order chi connectivity index (χ1) is 8.81. The summed E-state index contributed by atoms with van der Waals surface area (Å²) in [4.78, 5) is 13.3. The second kappa shape index (κ2) is 6.25. The average Bonchev–Trinajstić information content (AvgIpc) is 2.33. The number of anilines is 1. The van der Waals surface area contributed by atoms with Crippen LogP contribution in [-0.2, 0) is 14.6 Å². The van der Waals surface area contributed by atoms with Crippen LogP contribution in [0.3, 0.4) is 0 Å². The molecule has 0 atom stereocenters. The maximum atomic E-state index is 12.1. The molecule has 106 valence electrons. The molecule has 0 aromatic heterocycles. The molecule has 0 radical (unpaired) electrons. The van der Waals surface area contributed by atoms with Crippen LogP contribution in [-0.4, -0.2) is 38.1 Å². The molecule has 1 rings (SSSR count). The Morgan fingerprint density at radius 1 is 1.32 bits per heavy atom. The van der Waals surface area contributed by atoms with Crippen molar-refractivity contribution in [2.75, 3.05) is 24.6 Å². The molecular formula is C12H17ClN2O3S. The number of hydrogen-bond acceptors (Lipinski definition) is 4. The van der Waals surface area contributed by atoms with Crippen LogP contribution in [0.4, 0.5) is 5.69 Å². The zero-order valence-electron chi connectivity index (χ0n) is 10.9. The molecule has 1 aromatic carbocycles. The van der Waals surface area contributed by atoms with Crippen molar-refractivity contribution < 1.29 is 13.2 Å². The zero-order valence-corrected chi connectivity index (χ0v) is 12.5. The highest BCUT2D eigenvalue weighted by Gasteiger charge is 2.22. The fourth-order valence-electron chi connectivity index (χ4n) is 1.61. The molecule has 1 aromatic rings. The number of benzene rings is 1. The van der Waals surface area contributed by atoms with E-state index in [-0.39, 0.29) is 9.92 Å². The molecule has 0 aliphatic carbocycles. The van der Waals surface area contributed by atoms with Gasteiger partial charge >= 0.3 is 0 Å². The van der Waals surface area contributed by atoms with Crippen LogP contribution in [0.15, 0.2) is 23.1 Å². The summed E-state index contributed by atoms with van der Waals surface area (Å²) in [6.45, 7) is 4.56. The lowest BCUT2D eigenvalue weighted by Crippen LogP contribution is -2.35. The van der Waals surface area contributed by atoms with Crippen molar-refractivity contribution in [2.24, 2.45) is 0 Å². The Morgan fingerprint density at radius 2 is 1.89 bits per heavy atom. The minimum absolute atomic E-state index is 0.00667. The predicted octanol–water partition coefficient (Wildman–Crippen LogP) is 1.56. The third-order valence-electron chi connectivity index (χ3n) is 2.76. The number of nitrogen functional groups attached to an aromatic ring is 1. The van der Waals surface area contributed by atoms with E-state index in [2.05, 4.69) is 0 Å². The molecule has 0 saturated carbocycles. The van der Waals surface area contributed by atoms with Gasteiger partial charge in [0.1, 0.15) is 5.75 Å². The van der Waals surface area contributed by atoms with Crippen molar-refractivity contribution in [1.29, 1.82) is 0 Å². The lowest BCUT2D eigenvalue weighted by Gasteiger charge is -2.18. The van der Waals surface area contributed by atoms with Crippen LogP contribution in [0.2, 0.25) is 5.02 Å². The van der Waals surface area contributed by atoms with Gasteiger partial charge in [0.2, 0.25) is 5.91 Å². The van der Waals surface area contributed by atoms with E-state index in [0.717, 1.165) is 0 Å². The lowest BCUT2D eigenvalue weighted by atomic mass is 10.3. The Labute approximate surface area is 118 Å². The molecule has 7 heteroatoms. The molecule has 0 unspecified atom stereocenters. The van der Waals surface area contributed by atoms with E-state index in [1.54, 1.807) is 13.8 Å². The highest BCUT2D eigenvalue weighted by atomic mass is 35.5. The standard InChI is InChI=1S/C12H17ClN2O3S/c1-3-15(4-2)12(16)8-19(17,18)9-5-6-11(14)10(13)7-9/h5-7H,3-4,8,14H2,1-2H3. The summed E-state index contributed by atoms with van der Waals surface area (Å²) < 4.78 is 24.2. The van der Waals surface area contributed by atoms with Gasteiger partial charge in [0.15, 0.2) is 9.84 Å². The zero-order chi connectivity index (χ0) is 14.6. The number of hydrogen-bond donors (Lipinski definition) is 1. The van der Waals surface area contributed by atoms with Crippen molar-refractivity contribution in [3.05, 3.63) is 23.2 Å². The van der Waals surface area contributed by atoms with Gasteiger partial charge in [-0.05, 0) is 32.0 Å². The predicted molar refractivity (Wildman–Crippen MR) is 75.8 cm³/mol. The monoisotopic (exact) mass is 304 g/mol. The number of sulfone groups is 1. The Morgan fingerprint density at radius 3 is 2.37 bits per heavy atom. The minimum atomic E-state index is -3.70. The average molecular weight is 305 g/mol. The summed E-state index contributed by atoms with van der Waals surface area (Å²) in [7, 11) is -3.70. The first kappa shape index (κ1) is 15.8. The van der Waals surface area contributed by atoms with E-state index in [0.29, 0.717) is 18.8 Å². The topological polar surface area (TPSA) is 80.5 Å². The Hall–Kier alpha value is -1.27. The quantitative estimate of drug-likeness (QED) is 0.837. The molecule has 0 heterocycles. The highest BCUT2D eigenvalue weighted by molar-refractivity contribution is 7.92. The molecule has 0 aliphatic heterocycles. The molecule has 0 aliphatic rings. The summed E-state index contributed by atoms with van der Waals surface area (Å²) in [5, 5.41) is 0.163. The minimum Gasteiger partial charge on any atom is -0.398 e. The van der Waals surface area contributed by atoms with Gasteiger partial charge in [0.05, 0.1) is 15.6 Å². The molecule has 0 fully saturated rings. The van der Waals surface area contributed by atoms with E-state index >= 15 is 0 Å². The molecule has 0 spiro atoms. The van der Waals surface area contributed by atoms with Crippen LogP contribution in [0, 0.1) is 0 Å². The van der Waals surface area contributed by atoms with Gasteiger partial charge < -0.3 is 10.6 Å². The van der Waals surface area contributed by atoms with Crippen LogP contribution in [0.5, 0.6) is 0 Å². The van der Waals surface area contributed by atoms with Gasteiger partial charge in [-0.3, -0.25) is 4.79 Å². The molecule has 5 nitrogen and oxygen atoms in total. The molecular weight excluding hydrogens is 288 g/mol. The molecule has 19 heavy (non-hydrogen) atoms. The van der Waals surface area contributed by atoms with Crippen LogP contribution in [0.1, 0.15) is 13.8 Å². The van der Waals surface area contributed by atoms with Crippen LogP contribution in [0.25, 0.3) is 0 Å². The molecule has 1 amide bonds. The fourth-order valence-corrected chi connectivity index (χ4v) is 3.11. The van der Waals surface area contributed by atoms with Gasteiger partial charge in [0, 0.05) is 13.1 Å². The summed E-state index contributed by atoms with van der Waals surface area (Å²) in [5.74, 6) is -0.979. The van der Waals surface area contributed by atoms with E-state index in [1.165, 1.54) is 23.1 Å². The number of amides is 1. The maximum absolute atomic E-state index is 12.1. The number of nitrogens with two attached hydrogens (primary N) is 1. The number of carbonyl (C=O) groups is 1. The van der Waals surface area contributed by atoms with Crippen molar-refractivity contribution in [3.8, 4) is 0 Å². The van der Waals surface area contributed by atoms with Crippen molar-refractivity contribution in [2.45, 2.75) is 18.7 Å². The third-order valence-corrected chi connectivity index (χ3v) is 4.69. The van der Waals surface area contributed by atoms with Gasteiger partial charge in [0.25, 0.3) is 0 Å². The van der Waals surface area contributed by atoms with E-state index in [9.17, 15) is 13.2 Å². The lowest BCUT2D eigenvalue weighted by molar-refractivity contribution is -0.128. The van der Waals surface area contributed by atoms with Crippen molar-refractivity contribution >= 4 is 33.0 Å². The van der Waals surface area contributed by atoms with E-state index in [1.807, 2.05) is 0 Å². The summed E-state index contributed by atoms with van der Waals surface area (Å²) in [5.41, 5.74) is 5.82. The smallest absolute Gasteiger partial charge is 0.238 e. The molecule has 0 bridgehead atoms. The fraction of sp³-hybridized carbons (Fsp3) is 0.417. The largest absolute Gasteiger partial charge is 0.398 e. The van der Waals surface area contributed by atoms with E-state index < -0.39 is 21.5 Å². The summed E-state index contributed by atoms with van der Waals surface area (Å²) in [6.07, 6.45) is 0. The second-order valence-corrected chi connectivity index (χ2v) is 6.41. The maximum Gasteiger partial charge on any atom is 0.238 e. The highest BCUT2D eigenvalue weighted by Crippen LogP contribution is 2.23. The third kappa shape index (κ3) is 3.84. The van der Waals surface area contributed by atoms with Crippen molar-refractivity contribution in [3.63, 3.8) is 0 Å². The van der Waals surface area contributed by atoms with Gasteiger partial charge in [-0.15, -0.1) is 0 Å². The Kier molecular flexibility index (Phi) is 5.20. The van der Waals surface area contributed by atoms with Gasteiger partial charge in [-0.2, -0.15) is 0 Å². The molecule has 2 N–H and O–H groups in total. The number of rotatable bonds is 5. The second-order valence-electron chi connectivity index (χ2n) is 4.01. The number of nitrogens with zero attached hydrogens (tertiary/aromatic N) is 1. The van der Waals surface area contributed by atoms with Gasteiger partial charge in [-0.25, -0.2) is 8.42 Å². The first-order valence-electron chi connectivity index (χ1n) is 5.87. The number of halogens is 1.